The molecule has 178 valence electrons. The fourth-order valence-corrected chi connectivity index (χ4v) is 6.04. The van der Waals surface area contributed by atoms with Crippen LogP contribution >= 0.6 is 11.6 Å². The summed E-state index contributed by atoms with van der Waals surface area (Å²) in [5.41, 5.74) is 0.899. The first-order chi connectivity index (χ1) is 15.8. The molecule has 1 aromatic heterocycles. The van der Waals surface area contributed by atoms with Crippen LogP contribution in [-0.2, 0) is 14.8 Å². The van der Waals surface area contributed by atoms with Crippen LogP contribution in [0.15, 0.2) is 41.4 Å². The summed E-state index contributed by atoms with van der Waals surface area (Å²) in [6.07, 6.45) is 6.71. The summed E-state index contributed by atoms with van der Waals surface area (Å²) in [6, 6.07) is 8.21. The second kappa shape index (κ2) is 10.3. The quantitative estimate of drug-likeness (QED) is 0.663. The Balaban J connectivity index is 1.43. The number of piperidine rings is 1. The maximum Gasteiger partial charge on any atom is 0.270 e. The zero-order valence-electron chi connectivity index (χ0n) is 18.4. The van der Waals surface area contributed by atoms with E-state index < -0.39 is 15.9 Å². The Bertz CT molecular complexity index is 1090. The summed E-state index contributed by atoms with van der Waals surface area (Å²) in [7, 11) is -3.82. The number of halogens is 1. The predicted molar refractivity (Wildman–Crippen MR) is 127 cm³/mol. The molecule has 2 aliphatic heterocycles. The van der Waals surface area contributed by atoms with Gasteiger partial charge in [0.1, 0.15) is 10.6 Å². The Morgan fingerprint density at radius 3 is 2.39 bits per heavy atom. The number of carbonyl (C=O) groups excluding carboxylic acids is 2. The Morgan fingerprint density at radius 1 is 1.00 bits per heavy atom. The number of carbonyl (C=O) groups is 2. The van der Waals surface area contributed by atoms with Crippen LogP contribution in [-0.4, -0.2) is 60.6 Å². The number of amides is 2. The highest BCUT2D eigenvalue weighted by Gasteiger charge is 2.34. The Morgan fingerprint density at radius 2 is 1.70 bits per heavy atom. The molecule has 2 aliphatic rings. The van der Waals surface area contributed by atoms with E-state index in [4.69, 9.17) is 11.6 Å². The monoisotopic (exact) mass is 492 g/mol. The van der Waals surface area contributed by atoms with E-state index in [9.17, 15) is 18.0 Å². The van der Waals surface area contributed by atoms with Crippen molar-refractivity contribution in [2.75, 3.05) is 31.5 Å². The number of nitrogens with one attached hydrogen (secondary N) is 2. The van der Waals surface area contributed by atoms with E-state index in [0.717, 1.165) is 25.7 Å². The molecule has 33 heavy (non-hydrogen) atoms. The molecule has 1 atom stereocenters. The van der Waals surface area contributed by atoms with Crippen LogP contribution in [0.25, 0.3) is 0 Å². The van der Waals surface area contributed by atoms with Crippen molar-refractivity contribution in [3.05, 3.63) is 47.2 Å². The number of H-pyrrole nitrogens is 1. The summed E-state index contributed by atoms with van der Waals surface area (Å²) in [5.74, 6) is -0.845. The van der Waals surface area contributed by atoms with Crippen LogP contribution in [0.3, 0.4) is 0 Å². The van der Waals surface area contributed by atoms with Gasteiger partial charge in [-0.05, 0) is 56.0 Å². The maximum atomic E-state index is 13.3. The number of likely N-dealkylation sites (tertiary alicyclic amines) is 1. The molecule has 0 saturated carbocycles. The number of anilines is 1. The highest BCUT2D eigenvalue weighted by Crippen LogP contribution is 2.26. The van der Waals surface area contributed by atoms with E-state index in [0.29, 0.717) is 43.2 Å². The fourth-order valence-electron chi connectivity index (χ4n) is 4.39. The molecule has 0 unspecified atom stereocenters. The van der Waals surface area contributed by atoms with E-state index in [2.05, 4.69) is 10.3 Å². The third-order valence-corrected chi connectivity index (χ3v) is 8.38. The lowest BCUT2D eigenvalue weighted by molar-refractivity contribution is -0.120. The lowest BCUT2D eigenvalue weighted by atomic mass is 9.99. The normalized spacial score (nSPS) is 20.3. The molecule has 3 heterocycles. The lowest BCUT2D eigenvalue weighted by Crippen LogP contribution is -2.43. The van der Waals surface area contributed by atoms with Gasteiger partial charge in [0.15, 0.2) is 0 Å². The molecule has 2 aromatic rings. The number of aromatic amines is 1. The molecular formula is C23H29ClN4O4S. The topological polar surface area (TPSA) is 103 Å². The van der Waals surface area contributed by atoms with E-state index in [1.54, 1.807) is 29.2 Å². The van der Waals surface area contributed by atoms with E-state index in [1.807, 2.05) is 0 Å². The van der Waals surface area contributed by atoms with Gasteiger partial charge in [0.2, 0.25) is 15.9 Å². The van der Waals surface area contributed by atoms with Crippen molar-refractivity contribution in [3.8, 4) is 0 Å². The van der Waals surface area contributed by atoms with Gasteiger partial charge in [-0.3, -0.25) is 9.59 Å². The average Bonchev–Trinajstić information content (AvgIpc) is 3.17. The van der Waals surface area contributed by atoms with Gasteiger partial charge in [0, 0.05) is 43.1 Å². The summed E-state index contributed by atoms with van der Waals surface area (Å²) in [4.78, 5) is 30.3. The minimum Gasteiger partial charge on any atom is -0.356 e. The van der Waals surface area contributed by atoms with Crippen LogP contribution in [0.1, 0.15) is 49.0 Å². The van der Waals surface area contributed by atoms with Gasteiger partial charge < -0.3 is 15.2 Å². The predicted octanol–water partition coefficient (Wildman–Crippen LogP) is 3.72. The third-order valence-electron chi connectivity index (χ3n) is 6.28. The van der Waals surface area contributed by atoms with Crippen molar-refractivity contribution in [2.45, 2.75) is 43.4 Å². The second-order valence-corrected chi connectivity index (χ2v) is 11.0. The van der Waals surface area contributed by atoms with Crippen LogP contribution in [0.5, 0.6) is 0 Å². The van der Waals surface area contributed by atoms with Crippen LogP contribution in [0.2, 0.25) is 5.02 Å². The number of rotatable bonds is 5. The Hall–Kier alpha value is -2.36. The number of hydrogen-bond acceptors (Lipinski definition) is 4. The Labute approximate surface area is 199 Å². The molecule has 0 aliphatic carbocycles. The van der Waals surface area contributed by atoms with Gasteiger partial charge in [0.25, 0.3) is 5.91 Å². The van der Waals surface area contributed by atoms with Crippen LogP contribution in [0, 0.1) is 5.92 Å². The summed E-state index contributed by atoms with van der Waals surface area (Å²) in [5, 5.41) is 3.41. The third kappa shape index (κ3) is 5.59. The molecule has 10 heteroatoms. The first-order valence-corrected chi connectivity index (χ1v) is 13.2. The van der Waals surface area contributed by atoms with Crippen molar-refractivity contribution in [3.63, 3.8) is 0 Å². The molecule has 2 fully saturated rings. The number of benzene rings is 1. The zero-order chi connectivity index (χ0) is 23.4. The van der Waals surface area contributed by atoms with Gasteiger partial charge in [-0.1, -0.05) is 24.4 Å². The van der Waals surface area contributed by atoms with Gasteiger partial charge in [-0.25, -0.2) is 8.42 Å². The maximum absolute atomic E-state index is 13.3. The van der Waals surface area contributed by atoms with Crippen molar-refractivity contribution in [2.24, 2.45) is 5.92 Å². The smallest absolute Gasteiger partial charge is 0.270 e. The number of aromatic nitrogens is 1. The number of nitrogens with zero attached hydrogens (tertiary/aromatic N) is 2. The number of sulfonamides is 1. The summed E-state index contributed by atoms with van der Waals surface area (Å²) >= 11 is 5.88. The van der Waals surface area contributed by atoms with Gasteiger partial charge >= 0.3 is 0 Å². The average molecular weight is 493 g/mol. The first-order valence-electron chi connectivity index (χ1n) is 11.4. The molecule has 2 saturated heterocycles. The summed E-state index contributed by atoms with van der Waals surface area (Å²) in [6.45, 7) is 1.82. The molecule has 1 aromatic carbocycles. The second-order valence-electron chi connectivity index (χ2n) is 8.65. The molecule has 4 rings (SSSR count). The minimum absolute atomic E-state index is 0.0550. The molecule has 2 N–H and O–H groups in total. The van der Waals surface area contributed by atoms with Crippen molar-refractivity contribution < 1.29 is 18.0 Å². The SMILES string of the molecule is O=C(Nc1ccc(Cl)cc1)[C@@H]1CCCN(S(=O)(=O)c2c[nH]c(C(=O)N3CCCCCC3)c2)C1. The minimum atomic E-state index is -3.82. The number of hydrogen-bond donors (Lipinski definition) is 2. The highest BCUT2D eigenvalue weighted by atomic mass is 35.5. The molecule has 0 bridgehead atoms. The highest BCUT2D eigenvalue weighted by molar-refractivity contribution is 7.89. The van der Waals surface area contributed by atoms with Gasteiger partial charge in [-0.15, -0.1) is 0 Å². The van der Waals surface area contributed by atoms with Crippen LogP contribution in [0.4, 0.5) is 5.69 Å². The van der Waals surface area contributed by atoms with E-state index in [-0.39, 0.29) is 28.9 Å². The molecule has 8 nitrogen and oxygen atoms in total. The van der Waals surface area contributed by atoms with Crippen LogP contribution < -0.4 is 5.32 Å². The molecule has 0 radical (unpaired) electrons. The van der Waals surface area contributed by atoms with Gasteiger partial charge in [0.05, 0.1) is 5.92 Å². The largest absolute Gasteiger partial charge is 0.356 e. The molecule has 0 spiro atoms. The first kappa shape index (κ1) is 23.8. The van der Waals surface area contributed by atoms with Gasteiger partial charge in [-0.2, -0.15) is 4.31 Å². The van der Waals surface area contributed by atoms with Crippen molar-refractivity contribution >= 4 is 39.1 Å². The van der Waals surface area contributed by atoms with Crippen molar-refractivity contribution in [1.29, 1.82) is 0 Å². The molecule has 2 amide bonds. The van der Waals surface area contributed by atoms with E-state index >= 15 is 0 Å². The summed E-state index contributed by atoms with van der Waals surface area (Å²) < 4.78 is 27.8. The lowest BCUT2D eigenvalue weighted by Gasteiger charge is -2.31. The molecular weight excluding hydrogens is 464 g/mol. The standard InChI is InChI=1S/C23H29ClN4O4S/c24-18-7-9-19(10-8-18)26-22(29)17-6-5-13-28(16-17)33(31,32)20-14-21(25-15-20)23(30)27-11-3-1-2-4-12-27/h7-10,14-15,17,25H,1-6,11-13,16H2,(H,26,29)/t17-/m1/s1. The van der Waals surface area contributed by atoms with E-state index in [1.165, 1.54) is 16.6 Å². The Kier molecular flexibility index (Phi) is 7.41. The fraction of sp³-hybridized carbons (Fsp3) is 0.478. The zero-order valence-corrected chi connectivity index (χ0v) is 20.0. The van der Waals surface area contributed by atoms with Crippen molar-refractivity contribution in [1.82, 2.24) is 14.2 Å².